The zero-order valence-electron chi connectivity index (χ0n) is 15.6. The number of halogens is 1. The van der Waals surface area contributed by atoms with Gasteiger partial charge in [-0.05, 0) is 31.0 Å². The van der Waals surface area contributed by atoms with E-state index in [1.807, 2.05) is 41.8 Å². The van der Waals surface area contributed by atoms with Crippen LogP contribution in [-0.4, -0.2) is 9.97 Å². The van der Waals surface area contributed by atoms with Crippen LogP contribution in [0.25, 0.3) is 21.3 Å². The quantitative estimate of drug-likeness (QED) is 0.460. The van der Waals surface area contributed by atoms with E-state index in [-0.39, 0.29) is 11.6 Å². The second kappa shape index (κ2) is 7.87. The number of nitrogens with one attached hydrogen (secondary N) is 2. The highest BCUT2D eigenvalue weighted by Crippen LogP contribution is 2.34. The number of aryl methyl sites for hydroxylation is 1. The number of hydrogen-bond acceptors (Lipinski definition) is 4. The minimum absolute atomic E-state index is 0.137. The maximum atomic E-state index is 12.8. The molecule has 2 aromatic carbocycles. The molecule has 0 aliphatic carbocycles. The molecule has 142 valence electrons. The first-order valence-corrected chi connectivity index (χ1v) is 10.3. The van der Waals surface area contributed by atoms with Gasteiger partial charge >= 0.3 is 0 Å². The third-order valence-corrected chi connectivity index (χ3v) is 6.09. The molecule has 1 atom stereocenters. The summed E-state index contributed by atoms with van der Waals surface area (Å²) >= 11 is 7.78. The largest absolute Gasteiger partial charge is 0.309 e. The van der Waals surface area contributed by atoms with Crippen LogP contribution in [0.15, 0.2) is 58.7 Å². The SMILES string of the molecule is Cc1ccccc1[C@@H](C)NCc1nc2scc(-c3ccccc3Cl)c2c(=O)[nH]1. The summed E-state index contributed by atoms with van der Waals surface area (Å²) in [5, 5.41) is 6.61. The molecule has 28 heavy (non-hydrogen) atoms. The van der Waals surface area contributed by atoms with Gasteiger partial charge in [-0.1, -0.05) is 54.1 Å². The minimum atomic E-state index is -0.137. The third-order valence-electron chi connectivity index (χ3n) is 4.89. The summed E-state index contributed by atoms with van der Waals surface area (Å²) in [4.78, 5) is 21.1. The molecule has 0 saturated carbocycles. The molecule has 4 aromatic rings. The zero-order valence-corrected chi connectivity index (χ0v) is 17.2. The summed E-state index contributed by atoms with van der Waals surface area (Å²) in [6, 6.07) is 16.0. The molecule has 0 bridgehead atoms. The van der Waals surface area contributed by atoms with E-state index >= 15 is 0 Å². The zero-order chi connectivity index (χ0) is 19.7. The van der Waals surface area contributed by atoms with E-state index in [0.29, 0.717) is 22.8 Å². The van der Waals surface area contributed by atoms with Crippen LogP contribution in [0.3, 0.4) is 0 Å². The highest BCUT2D eigenvalue weighted by Gasteiger charge is 2.15. The summed E-state index contributed by atoms with van der Waals surface area (Å²) in [5.41, 5.74) is 4.01. The topological polar surface area (TPSA) is 57.8 Å². The molecule has 2 N–H and O–H groups in total. The maximum Gasteiger partial charge on any atom is 0.260 e. The van der Waals surface area contributed by atoms with Crippen molar-refractivity contribution in [3.8, 4) is 11.1 Å². The van der Waals surface area contributed by atoms with Crippen molar-refractivity contribution in [3.05, 3.63) is 86.2 Å². The summed E-state index contributed by atoms with van der Waals surface area (Å²) in [7, 11) is 0. The van der Waals surface area contributed by atoms with E-state index in [1.54, 1.807) is 0 Å². The fourth-order valence-electron chi connectivity index (χ4n) is 3.39. The van der Waals surface area contributed by atoms with Gasteiger partial charge in [-0.2, -0.15) is 0 Å². The van der Waals surface area contributed by atoms with Crippen LogP contribution in [-0.2, 0) is 6.54 Å². The lowest BCUT2D eigenvalue weighted by Gasteiger charge is -2.16. The van der Waals surface area contributed by atoms with Gasteiger partial charge in [0, 0.05) is 27.6 Å². The number of hydrogen-bond donors (Lipinski definition) is 2. The number of aromatic amines is 1. The number of benzene rings is 2. The van der Waals surface area contributed by atoms with Gasteiger partial charge in [0.25, 0.3) is 5.56 Å². The summed E-state index contributed by atoms with van der Waals surface area (Å²) in [6.45, 7) is 4.70. The molecule has 0 saturated heterocycles. The molecule has 0 aliphatic rings. The van der Waals surface area contributed by atoms with Crippen LogP contribution in [0.5, 0.6) is 0 Å². The van der Waals surface area contributed by atoms with Gasteiger partial charge in [-0.25, -0.2) is 4.98 Å². The van der Waals surface area contributed by atoms with Gasteiger partial charge in [0.2, 0.25) is 0 Å². The summed E-state index contributed by atoms with van der Waals surface area (Å²) in [6.07, 6.45) is 0. The number of thiophene rings is 1. The first-order valence-electron chi connectivity index (χ1n) is 9.09. The first kappa shape index (κ1) is 18.9. The molecule has 0 amide bonds. The molecule has 0 unspecified atom stereocenters. The Labute approximate surface area is 172 Å². The molecular formula is C22H20ClN3OS. The molecule has 4 rings (SSSR count). The van der Waals surface area contributed by atoms with Crippen molar-refractivity contribution in [1.29, 1.82) is 0 Å². The van der Waals surface area contributed by atoms with Gasteiger partial charge in [-0.3, -0.25) is 4.79 Å². The first-order chi connectivity index (χ1) is 13.5. The molecule has 0 radical (unpaired) electrons. The Kier molecular flexibility index (Phi) is 5.31. The molecule has 0 aliphatic heterocycles. The Hall–Kier alpha value is -2.47. The standard InChI is InChI=1S/C22H20ClN3OS/c1-13-7-3-4-8-15(13)14(2)24-11-19-25-21(27)20-17(12-28-22(20)26-19)16-9-5-6-10-18(16)23/h3-10,12,14,24H,11H2,1-2H3,(H,25,26,27)/t14-/m1/s1. The van der Waals surface area contributed by atoms with Crippen LogP contribution in [0, 0.1) is 6.92 Å². The van der Waals surface area contributed by atoms with Crippen molar-refractivity contribution in [2.24, 2.45) is 0 Å². The predicted molar refractivity (Wildman–Crippen MR) is 117 cm³/mol. The van der Waals surface area contributed by atoms with Crippen molar-refractivity contribution in [2.75, 3.05) is 0 Å². The smallest absolute Gasteiger partial charge is 0.260 e. The van der Waals surface area contributed by atoms with Crippen molar-refractivity contribution in [1.82, 2.24) is 15.3 Å². The number of H-pyrrole nitrogens is 1. The molecule has 0 spiro atoms. The van der Waals surface area contributed by atoms with Crippen molar-refractivity contribution in [2.45, 2.75) is 26.4 Å². The van der Waals surface area contributed by atoms with E-state index in [4.69, 9.17) is 11.6 Å². The second-order valence-corrected chi connectivity index (χ2v) is 8.05. The van der Waals surface area contributed by atoms with Crippen molar-refractivity contribution in [3.63, 3.8) is 0 Å². The van der Waals surface area contributed by atoms with Crippen LogP contribution >= 0.6 is 22.9 Å². The Morgan fingerprint density at radius 2 is 1.89 bits per heavy atom. The summed E-state index contributed by atoms with van der Waals surface area (Å²) in [5.74, 6) is 0.630. The van der Waals surface area contributed by atoms with Gasteiger partial charge in [-0.15, -0.1) is 11.3 Å². The lowest BCUT2D eigenvalue weighted by Crippen LogP contribution is -2.22. The van der Waals surface area contributed by atoms with E-state index in [0.717, 1.165) is 16.0 Å². The molecule has 0 fully saturated rings. The normalized spacial score (nSPS) is 12.4. The van der Waals surface area contributed by atoms with Gasteiger partial charge in [0.15, 0.2) is 0 Å². The Morgan fingerprint density at radius 3 is 2.68 bits per heavy atom. The van der Waals surface area contributed by atoms with Crippen molar-refractivity contribution < 1.29 is 0 Å². The number of rotatable bonds is 5. The number of nitrogens with zero attached hydrogens (tertiary/aromatic N) is 1. The lowest BCUT2D eigenvalue weighted by atomic mass is 10.0. The van der Waals surface area contributed by atoms with Crippen molar-refractivity contribution >= 4 is 33.2 Å². The molecule has 2 heterocycles. The lowest BCUT2D eigenvalue weighted by molar-refractivity contribution is 0.557. The van der Waals surface area contributed by atoms with Crippen LogP contribution in [0.4, 0.5) is 0 Å². The third kappa shape index (κ3) is 3.61. The van der Waals surface area contributed by atoms with E-state index in [2.05, 4.69) is 41.3 Å². The van der Waals surface area contributed by atoms with E-state index in [1.165, 1.54) is 22.5 Å². The van der Waals surface area contributed by atoms with Crippen LogP contribution in [0.1, 0.15) is 29.9 Å². The molecular weight excluding hydrogens is 390 g/mol. The Morgan fingerprint density at radius 1 is 1.14 bits per heavy atom. The molecule has 2 aromatic heterocycles. The van der Waals surface area contributed by atoms with Gasteiger partial charge < -0.3 is 10.3 Å². The fraction of sp³-hybridized carbons (Fsp3) is 0.182. The van der Waals surface area contributed by atoms with Gasteiger partial charge in [0.05, 0.1) is 11.9 Å². The van der Waals surface area contributed by atoms with E-state index in [9.17, 15) is 4.79 Å². The molecule has 6 heteroatoms. The van der Waals surface area contributed by atoms with E-state index < -0.39 is 0 Å². The van der Waals surface area contributed by atoms with Crippen LogP contribution in [0.2, 0.25) is 5.02 Å². The predicted octanol–water partition coefficient (Wildman–Crippen LogP) is 5.46. The number of fused-ring (bicyclic) bond motifs is 1. The summed E-state index contributed by atoms with van der Waals surface area (Å²) < 4.78 is 0. The fourth-order valence-corrected chi connectivity index (χ4v) is 4.58. The Balaban J connectivity index is 1.62. The second-order valence-electron chi connectivity index (χ2n) is 6.78. The van der Waals surface area contributed by atoms with Gasteiger partial charge in [0.1, 0.15) is 10.7 Å². The monoisotopic (exact) mass is 409 g/mol. The number of aromatic nitrogens is 2. The Bertz CT molecular complexity index is 1200. The van der Waals surface area contributed by atoms with Crippen LogP contribution < -0.4 is 10.9 Å². The molecule has 4 nitrogen and oxygen atoms in total. The highest BCUT2D eigenvalue weighted by atomic mass is 35.5. The average molecular weight is 410 g/mol. The maximum absolute atomic E-state index is 12.8. The minimum Gasteiger partial charge on any atom is -0.309 e. The average Bonchev–Trinajstić information content (AvgIpc) is 3.11. The highest BCUT2D eigenvalue weighted by molar-refractivity contribution is 7.17.